The zero-order valence-electron chi connectivity index (χ0n) is 12.2. The molecule has 0 radical (unpaired) electrons. The van der Waals surface area contributed by atoms with Crippen LogP contribution in [0.2, 0.25) is 0 Å². The second-order valence-corrected chi connectivity index (χ2v) is 5.95. The third kappa shape index (κ3) is 2.61. The van der Waals surface area contributed by atoms with Crippen molar-refractivity contribution >= 4 is 11.8 Å². The summed E-state index contributed by atoms with van der Waals surface area (Å²) in [6, 6.07) is -0.411. The SMILES string of the molecule is CCC1(C)NC(=O)C(C)N(CC2CCC(C)O2)C1=O. The van der Waals surface area contributed by atoms with E-state index in [1.165, 1.54) is 0 Å². The minimum atomic E-state index is -0.770. The number of hydrogen-bond donors (Lipinski definition) is 1. The fraction of sp³-hybridized carbons (Fsp3) is 0.857. The first-order valence-electron chi connectivity index (χ1n) is 7.16. The summed E-state index contributed by atoms with van der Waals surface area (Å²) in [5.41, 5.74) is -0.770. The van der Waals surface area contributed by atoms with E-state index in [4.69, 9.17) is 4.74 Å². The smallest absolute Gasteiger partial charge is 0.248 e. The number of carbonyl (C=O) groups excluding carboxylic acids is 2. The lowest BCUT2D eigenvalue weighted by atomic mass is 9.92. The van der Waals surface area contributed by atoms with Gasteiger partial charge in [0, 0.05) is 6.54 Å². The molecule has 2 aliphatic rings. The first-order valence-corrected chi connectivity index (χ1v) is 7.16. The van der Waals surface area contributed by atoms with E-state index in [1.54, 1.807) is 18.7 Å². The highest BCUT2D eigenvalue weighted by atomic mass is 16.5. The number of amides is 2. The molecule has 0 saturated carbocycles. The molecule has 2 fully saturated rings. The van der Waals surface area contributed by atoms with Gasteiger partial charge in [0.25, 0.3) is 0 Å². The van der Waals surface area contributed by atoms with Gasteiger partial charge in [-0.25, -0.2) is 0 Å². The fourth-order valence-electron chi connectivity index (χ4n) is 2.78. The van der Waals surface area contributed by atoms with Crippen molar-refractivity contribution in [1.29, 1.82) is 0 Å². The standard InChI is InChI=1S/C14H24N2O3/c1-5-14(4)13(18)16(10(3)12(17)15-14)8-11-7-6-9(2)19-11/h9-11H,5-8H2,1-4H3,(H,15,17). The molecule has 0 aromatic carbocycles. The zero-order chi connectivity index (χ0) is 14.2. The second-order valence-electron chi connectivity index (χ2n) is 5.95. The van der Waals surface area contributed by atoms with Crippen molar-refractivity contribution in [2.75, 3.05) is 6.54 Å². The lowest BCUT2D eigenvalue weighted by Gasteiger charge is -2.43. The summed E-state index contributed by atoms with van der Waals surface area (Å²) in [6.45, 7) is 8.06. The Morgan fingerprint density at radius 1 is 1.37 bits per heavy atom. The zero-order valence-corrected chi connectivity index (χ0v) is 12.2. The summed E-state index contributed by atoms with van der Waals surface area (Å²) in [4.78, 5) is 26.3. The Kier molecular flexibility index (Phi) is 3.85. The highest BCUT2D eigenvalue weighted by Crippen LogP contribution is 2.25. The van der Waals surface area contributed by atoms with Gasteiger partial charge >= 0.3 is 0 Å². The van der Waals surface area contributed by atoms with Gasteiger partial charge in [0.1, 0.15) is 11.6 Å². The van der Waals surface area contributed by atoms with Crippen molar-refractivity contribution < 1.29 is 14.3 Å². The van der Waals surface area contributed by atoms with Crippen LogP contribution in [0.25, 0.3) is 0 Å². The molecule has 0 aromatic rings. The van der Waals surface area contributed by atoms with Crippen LogP contribution in [0.5, 0.6) is 0 Å². The van der Waals surface area contributed by atoms with Crippen LogP contribution >= 0.6 is 0 Å². The van der Waals surface area contributed by atoms with Crippen LogP contribution in [-0.4, -0.2) is 47.0 Å². The monoisotopic (exact) mass is 268 g/mol. The Bertz CT molecular complexity index is 385. The van der Waals surface area contributed by atoms with E-state index in [2.05, 4.69) is 5.32 Å². The lowest BCUT2D eigenvalue weighted by molar-refractivity contribution is -0.155. The van der Waals surface area contributed by atoms with Crippen molar-refractivity contribution in [2.24, 2.45) is 0 Å². The van der Waals surface area contributed by atoms with Crippen LogP contribution in [0.4, 0.5) is 0 Å². The molecule has 5 heteroatoms. The van der Waals surface area contributed by atoms with E-state index < -0.39 is 11.6 Å². The molecule has 2 saturated heterocycles. The molecule has 0 bridgehead atoms. The van der Waals surface area contributed by atoms with Crippen molar-refractivity contribution in [2.45, 2.75) is 70.7 Å². The van der Waals surface area contributed by atoms with Crippen LogP contribution < -0.4 is 5.32 Å². The number of ether oxygens (including phenoxy) is 1. The lowest BCUT2D eigenvalue weighted by Crippen LogP contribution is -2.69. The Morgan fingerprint density at radius 2 is 2.05 bits per heavy atom. The third-order valence-corrected chi connectivity index (χ3v) is 4.41. The molecule has 2 aliphatic heterocycles. The van der Waals surface area contributed by atoms with Gasteiger partial charge in [-0.05, 0) is 40.0 Å². The molecule has 0 aliphatic carbocycles. The van der Waals surface area contributed by atoms with Crippen molar-refractivity contribution in [3.8, 4) is 0 Å². The van der Waals surface area contributed by atoms with Gasteiger partial charge in [0.15, 0.2) is 0 Å². The number of piperazine rings is 1. The van der Waals surface area contributed by atoms with Crippen LogP contribution in [0.3, 0.4) is 0 Å². The van der Waals surface area contributed by atoms with Gasteiger partial charge in [-0.15, -0.1) is 0 Å². The fourth-order valence-corrected chi connectivity index (χ4v) is 2.78. The Hall–Kier alpha value is -1.10. The largest absolute Gasteiger partial charge is 0.373 e. The van der Waals surface area contributed by atoms with Gasteiger partial charge in [-0.3, -0.25) is 9.59 Å². The van der Waals surface area contributed by atoms with E-state index in [0.717, 1.165) is 12.8 Å². The first kappa shape index (κ1) is 14.3. The topological polar surface area (TPSA) is 58.6 Å². The van der Waals surface area contributed by atoms with Crippen molar-refractivity contribution in [3.63, 3.8) is 0 Å². The van der Waals surface area contributed by atoms with Gasteiger partial charge in [-0.2, -0.15) is 0 Å². The molecule has 19 heavy (non-hydrogen) atoms. The predicted molar refractivity (Wildman–Crippen MR) is 71.6 cm³/mol. The van der Waals surface area contributed by atoms with Crippen molar-refractivity contribution in [3.05, 3.63) is 0 Å². The molecule has 0 aromatic heterocycles. The van der Waals surface area contributed by atoms with E-state index in [-0.39, 0.29) is 24.0 Å². The molecule has 2 rings (SSSR count). The van der Waals surface area contributed by atoms with E-state index >= 15 is 0 Å². The minimum absolute atomic E-state index is 0.00486. The van der Waals surface area contributed by atoms with Crippen LogP contribution in [0, 0.1) is 0 Å². The average Bonchev–Trinajstić information content (AvgIpc) is 2.78. The first-order chi connectivity index (χ1) is 8.87. The molecule has 2 heterocycles. The molecule has 4 atom stereocenters. The third-order valence-electron chi connectivity index (χ3n) is 4.41. The summed E-state index contributed by atoms with van der Waals surface area (Å²) in [5.74, 6) is -0.0692. The molecule has 108 valence electrons. The molecule has 4 unspecified atom stereocenters. The highest BCUT2D eigenvalue weighted by molar-refractivity contribution is 5.99. The van der Waals surface area contributed by atoms with E-state index in [9.17, 15) is 9.59 Å². The molecule has 0 spiro atoms. The predicted octanol–water partition coefficient (Wildman–Crippen LogP) is 1.07. The summed E-state index contributed by atoms with van der Waals surface area (Å²) < 4.78 is 5.77. The van der Waals surface area contributed by atoms with E-state index in [0.29, 0.717) is 13.0 Å². The van der Waals surface area contributed by atoms with E-state index in [1.807, 2.05) is 13.8 Å². The van der Waals surface area contributed by atoms with Crippen LogP contribution in [-0.2, 0) is 14.3 Å². The maximum absolute atomic E-state index is 12.6. The average molecular weight is 268 g/mol. The van der Waals surface area contributed by atoms with Gasteiger partial charge in [-0.1, -0.05) is 6.92 Å². The quantitative estimate of drug-likeness (QED) is 0.833. The normalized spacial score (nSPS) is 39.6. The number of carbonyl (C=O) groups is 2. The summed E-state index contributed by atoms with van der Waals surface area (Å²) >= 11 is 0. The molecular formula is C14H24N2O3. The number of rotatable bonds is 3. The van der Waals surface area contributed by atoms with Gasteiger partial charge in [0.05, 0.1) is 12.2 Å². The molecule has 2 amide bonds. The van der Waals surface area contributed by atoms with Crippen LogP contribution in [0.15, 0.2) is 0 Å². The maximum Gasteiger partial charge on any atom is 0.248 e. The summed E-state index contributed by atoms with van der Waals surface area (Å²) in [5, 5.41) is 2.83. The number of nitrogens with zero attached hydrogens (tertiary/aromatic N) is 1. The molecular weight excluding hydrogens is 244 g/mol. The van der Waals surface area contributed by atoms with Gasteiger partial charge < -0.3 is 15.0 Å². The molecule has 5 nitrogen and oxygen atoms in total. The minimum Gasteiger partial charge on any atom is -0.373 e. The number of hydrogen-bond acceptors (Lipinski definition) is 3. The Balaban J connectivity index is 2.12. The Labute approximate surface area is 114 Å². The summed E-state index contributed by atoms with van der Waals surface area (Å²) in [7, 11) is 0. The molecule has 1 N–H and O–H groups in total. The second kappa shape index (κ2) is 5.12. The van der Waals surface area contributed by atoms with Gasteiger partial charge in [0.2, 0.25) is 11.8 Å². The number of nitrogens with one attached hydrogen (secondary N) is 1. The maximum atomic E-state index is 12.6. The Morgan fingerprint density at radius 3 is 2.58 bits per heavy atom. The van der Waals surface area contributed by atoms with Crippen LogP contribution in [0.1, 0.15) is 47.0 Å². The van der Waals surface area contributed by atoms with Crippen molar-refractivity contribution in [1.82, 2.24) is 10.2 Å². The summed E-state index contributed by atoms with van der Waals surface area (Å²) in [6.07, 6.45) is 2.91. The highest BCUT2D eigenvalue weighted by Gasteiger charge is 2.46.